The van der Waals surface area contributed by atoms with Crippen LogP contribution in [0.3, 0.4) is 0 Å². The number of ether oxygens (including phenoxy) is 1. The molecule has 4 nitrogen and oxygen atoms in total. The summed E-state index contributed by atoms with van der Waals surface area (Å²) in [6.45, 7) is 0.923. The molecule has 0 spiro atoms. The topological polar surface area (TPSA) is 44.1 Å². The Morgan fingerprint density at radius 2 is 2.29 bits per heavy atom. The number of nitrogens with zero attached hydrogens (tertiary/aromatic N) is 2. The lowest BCUT2D eigenvalue weighted by Crippen LogP contribution is -2.01. The summed E-state index contributed by atoms with van der Waals surface area (Å²) in [5.74, 6) is 0. The smallest absolute Gasteiger partial charge is 0.170 e. The van der Waals surface area contributed by atoms with Gasteiger partial charge in [-0.3, -0.25) is 4.79 Å². The van der Waals surface area contributed by atoms with Gasteiger partial charge in [0.25, 0.3) is 0 Å². The minimum Gasteiger partial charge on any atom is -0.370 e. The minimum atomic E-state index is 0.442. The van der Waals surface area contributed by atoms with E-state index in [1.54, 1.807) is 10.7 Å². The molecule has 3 rings (SSSR count). The van der Waals surface area contributed by atoms with Crippen LogP contribution in [0.5, 0.6) is 0 Å². The fourth-order valence-corrected chi connectivity index (χ4v) is 2.16. The Bertz CT molecular complexity index is 592. The number of carbonyl (C=O) groups excluding carboxylic acids is 1. The number of rotatable bonds is 2. The van der Waals surface area contributed by atoms with Crippen LogP contribution in [0.2, 0.25) is 5.02 Å². The van der Waals surface area contributed by atoms with Crippen molar-refractivity contribution in [1.82, 2.24) is 9.78 Å². The van der Waals surface area contributed by atoms with Gasteiger partial charge in [0.2, 0.25) is 0 Å². The van der Waals surface area contributed by atoms with Crippen LogP contribution < -0.4 is 0 Å². The maximum Gasteiger partial charge on any atom is 0.170 e. The van der Waals surface area contributed by atoms with Crippen molar-refractivity contribution in [1.29, 1.82) is 0 Å². The van der Waals surface area contributed by atoms with Crippen molar-refractivity contribution in [2.24, 2.45) is 0 Å². The summed E-state index contributed by atoms with van der Waals surface area (Å²) in [5, 5.41) is 4.91. The van der Waals surface area contributed by atoms with Crippen molar-refractivity contribution < 1.29 is 9.53 Å². The van der Waals surface area contributed by atoms with Crippen LogP contribution in [0.1, 0.15) is 21.7 Å². The van der Waals surface area contributed by atoms with Crippen LogP contribution in [0.15, 0.2) is 24.3 Å². The number of halogens is 1. The van der Waals surface area contributed by atoms with Gasteiger partial charge in [-0.2, -0.15) is 5.10 Å². The molecule has 0 unspecified atom stereocenters. The third kappa shape index (κ3) is 1.66. The average Bonchev–Trinajstić information content (AvgIpc) is 2.89. The Kier molecular flexibility index (Phi) is 2.46. The first-order valence-electron chi connectivity index (χ1n) is 5.19. The van der Waals surface area contributed by atoms with Crippen LogP contribution >= 0.6 is 11.6 Å². The van der Waals surface area contributed by atoms with E-state index in [9.17, 15) is 4.79 Å². The Morgan fingerprint density at radius 3 is 3.06 bits per heavy atom. The zero-order valence-corrected chi connectivity index (χ0v) is 9.65. The summed E-state index contributed by atoms with van der Waals surface area (Å²) in [6.07, 6.45) is 0.758. The highest BCUT2D eigenvalue weighted by molar-refractivity contribution is 6.30. The highest BCUT2D eigenvalue weighted by atomic mass is 35.5. The van der Waals surface area contributed by atoms with Crippen molar-refractivity contribution in [2.75, 3.05) is 0 Å². The molecule has 1 aromatic carbocycles. The summed E-state index contributed by atoms with van der Waals surface area (Å²) in [5.41, 5.74) is 3.08. The quantitative estimate of drug-likeness (QED) is 0.767. The molecular weight excluding hydrogens is 240 g/mol. The molecule has 0 saturated heterocycles. The molecule has 0 N–H and O–H groups in total. The standard InChI is InChI=1S/C12H9ClN2O2/c13-8-2-1-3-9(4-8)15-12-7-17-6-10(12)11(5-16)14-15/h1-5H,6-7H2. The predicted octanol–water partition coefficient (Wildman–Crippen LogP) is 2.37. The number of hydrogen-bond donors (Lipinski definition) is 0. The Labute approximate surface area is 103 Å². The second-order valence-electron chi connectivity index (χ2n) is 3.81. The van der Waals surface area contributed by atoms with Crippen molar-refractivity contribution >= 4 is 17.9 Å². The fraction of sp³-hybridized carbons (Fsp3) is 0.167. The third-order valence-electron chi connectivity index (χ3n) is 2.77. The summed E-state index contributed by atoms with van der Waals surface area (Å²) in [4.78, 5) is 10.9. The lowest BCUT2D eigenvalue weighted by molar-refractivity contribution is 0.110. The monoisotopic (exact) mass is 248 g/mol. The van der Waals surface area contributed by atoms with Gasteiger partial charge in [-0.1, -0.05) is 17.7 Å². The maximum atomic E-state index is 10.9. The molecule has 2 aromatic rings. The van der Waals surface area contributed by atoms with E-state index >= 15 is 0 Å². The van der Waals surface area contributed by atoms with E-state index in [1.165, 1.54) is 0 Å². The fourth-order valence-electron chi connectivity index (χ4n) is 1.98. The van der Waals surface area contributed by atoms with Gasteiger partial charge in [-0.25, -0.2) is 4.68 Å². The molecule has 0 saturated carbocycles. The Hall–Kier alpha value is -1.65. The second kappa shape index (κ2) is 3.98. The van der Waals surface area contributed by atoms with Gasteiger partial charge in [0.05, 0.1) is 24.6 Å². The van der Waals surface area contributed by atoms with Gasteiger partial charge in [0, 0.05) is 10.6 Å². The highest BCUT2D eigenvalue weighted by Crippen LogP contribution is 2.26. The van der Waals surface area contributed by atoms with Crippen LogP contribution in [0.25, 0.3) is 5.69 Å². The number of carbonyl (C=O) groups is 1. The third-order valence-corrected chi connectivity index (χ3v) is 3.01. The van der Waals surface area contributed by atoms with E-state index in [4.69, 9.17) is 16.3 Å². The first-order valence-corrected chi connectivity index (χ1v) is 5.57. The van der Waals surface area contributed by atoms with E-state index < -0.39 is 0 Å². The molecule has 0 bridgehead atoms. The lowest BCUT2D eigenvalue weighted by Gasteiger charge is -2.05. The summed E-state index contributed by atoms with van der Waals surface area (Å²) in [6, 6.07) is 7.35. The molecule has 0 atom stereocenters. The van der Waals surface area contributed by atoms with E-state index in [0.717, 1.165) is 23.2 Å². The zero-order valence-electron chi connectivity index (χ0n) is 8.89. The summed E-state index contributed by atoms with van der Waals surface area (Å²) < 4.78 is 7.06. The Morgan fingerprint density at radius 1 is 1.41 bits per heavy atom. The molecule has 0 fully saturated rings. The molecule has 0 radical (unpaired) electrons. The van der Waals surface area contributed by atoms with E-state index in [2.05, 4.69) is 5.10 Å². The second-order valence-corrected chi connectivity index (χ2v) is 4.25. The van der Waals surface area contributed by atoms with Gasteiger partial charge in [-0.15, -0.1) is 0 Å². The normalized spacial score (nSPS) is 13.7. The number of hydrogen-bond acceptors (Lipinski definition) is 3. The van der Waals surface area contributed by atoms with Gasteiger partial charge in [0.15, 0.2) is 6.29 Å². The summed E-state index contributed by atoms with van der Waals surface area (Å²) >= 11 is 5.94. The van der Waals surface area contributed by atoms with E-state index in [1.807, 2.05) is 18.2 Å². The number of aldehydes is 1. The number of fused-ring (bicyclic) bond motifs is 1. The highest BCUT2D eigenvalue weighted by Gasteiger charge is 2.23. The Balaban J connectivity index is 2.18. The first-order chi connectivity index (χ1) is 8.29. The van der Waals surface area contributed by atoms with E-state index in [-0.39, 0.29) is 0 Å². The minimum absolute atomic E-state index is 0.442. The number of benzene rings is 1. The molecule has 1 aromatic heterocycles. The van der Waals surface area contributed by atoms with Crippen LogP contribution in [-0.4, -0.2) is 16.1 Å². The number of aromatic nitrogens is 2. The average molecular weight is 249 g/mol. The summed E-state index contributed by atoms with van der Waals surface area (Å²) in [7, 11) is 0. The molecule has 0 amide bonds. The largest absolute Gasteiger partial charge is 0.370 e. The maximum absolute atomic E-state index is 10.9. The van der Waals surface area contributed by atoms with Gasteiger partial charge >= 0.3 is 0 Å². The van der Waals surface area contributed by atoms with Crippen LogP contribution in [0, 0.1) is 0 Å². The molecule has 0 aliphatic carbocycles. The molecule has 5 heteroatoms. The molecular formula is C12H9ClN2O2. The van der Waals surface area contributed by atoms with Crippen LogP contribution in [-0.2, 0) is 18.0 Å². The molecule has 17 heavy (non-hydrogen) atoms. The van der Waals surface area contributed by atoms with E-state index in [0.29, 0.717) is 23.9 Å². The first kappa shape index (κ1) is 10.5. The van der Waals surface area contributed by atoms with Crippen molar-refractivity contribution in [2.45, 2.75) is 13.2 Å². The lowest BCUT2D eigenvalue weighted by atomic mass is 10.2. The zero-order chi connectivity index (χ0) is 11.8. The van der Waals surface area contributed by atoms with Gasteiger partial charge in [0.1, 0.15) is 5.69 Å². The molecule has 86 valence electrons. The van der Waals surface area contributed by atoms with Crippen molar-refractivity contribution in [3.05, 3.63) is 46.2 Å². The van der Waals surface area contributed by atoms with Gasteiger partial charge in [-0.05, 0) is 18.2 Å². The van der Waals surface area contributed by atoms with Crippen molar-refractivity contribution in [3.63, 3.8) is 0 Å². The van der Waals surface area contributed by atoms with Gasteiger partial charge < -0.3 is 4.74 Å². The SMILES string of the molecule is O=Cc1nn(-c2cccc(Cl)c2)c2c1COC2. The van der Waals surface area contributed by atoms with Crippen molar-refractivity contribution in [3.8, 4) is 5.69 Å². The predicted molar refractivity (Wildman–Crippen MR) is 62.5 cm³/mol. The molecule has 1 aliphatic heterocycles. The van der Waals surface area contributed by atoms with Crippen LogP contribution in [0.4, 0.5) is 0 Å². The molecule has 2 heterocycles. The molecule has 1 aliphatic rings.